The molecule has 19 atom stereocenters. The Morgan fingerprint density at radius 3 is 1.81 bits per heavy atom. The van der Waals surface area contributed by atoms with Crippen LogP contribution in [0.25, 0.3) is 0 Å². The molecule has 2 saturated heterocycles. The van der Waals surface area contributed by atoms with Crippen LogP contribution in [-0.4, -0.2) is 98.0 Å². The summed E-state index contributed by atoms with van der Waals surface area (Å²) in [5.74, 6) is 2.45. The summed E-state index contributed by atoms with van der Waals surface area (Å²) in [6, 6.07) is 19.2. The van der Waals surface area contributed by atoms with E-state index in [0.717, 1.165) is 66.4 Å². The molecule has 14 heteroatoms. The Morgan fingerprint density at radius 2 is 1.19 bits per heavy atom. The molecular weight excluding hydrogens is 957 g/mol. The maximum atomic E-state index is 13.2. The highest BCUT2D eigenvalue weighted by molar-refractivity contribution is 5.68. The van der Waals surface area contributed by atoms with Crippen molar-refractivity contribution < 1.29 is 66.5 Å². The Kier molecular flexibility index (Phi) is 19.3. The zero-order chi connectivity index (χ0) is 53.6. The molecule has 6 aliphatic rings. The van der Waals surface area contributed by atoms with E-state index in [1.165, 1.54) is 79.1 Å². The number of carbonyl (C=O) groups excluding carboxylic acids is 4. The normalized spacial score (nSPS) is 37.8. The van der Waals surface area contributed by atoms with Gasteiger partial charge < -0.3 is 47.4 Å². The number of benzene rings is 2. The molecule has 2 aromatic rings. The molecule has 0 amide bonds. The molecule has 0 radical (unpaired) electrons. The van der Waals surface area contributed by atoms with E-state index in [2.05, 4.69) is 34.6 Å². The summed E-state index contributed by atoms with van der Waals surface area (Å²) in [6.45, 7) is 19.3. The van der Waals surface area contributed by atoms with Crippen LogP contribution in [0.1, 0.15) is 157 Å². The third-order valence-corrected chi connectivity index (χ3v) is 18.7. The average Bonchev–Trinajstić information content (AvgIpc) is 3.73. The molecule has 416 valence electrons. The monoisotopic (exact) mass is 1040 g/mol. The van der Waals surface area contributed by atoms with E-state index in [-0.39, 0.29) is 31.3 Å². The van der Waals surface area contributed by atoms with E-state index in [0.29, 0.717) is 17.3 Å². The Balaban J connectivity index is 1.08. The number of rotatable bonds is 20. The van der Waals surface area contributed by atoms with E-state index in [1.54, 1.807) is 6.92 Å². The molecule has 0 unspecified atom stereocenters. The van der Waals surface area contributed by atoms with Gasteiger partial charge in [0.25, 0.3) is 0 Å². The van der Waals surface area contributed by atoms with Crippen molar-refractivity contribution in [2.75, 3.05) is 6.61 Å². The van der Waals surface area contributed by atoms with Crippen LogP contribution in [0, 0.1) is 52.3 Å². The Labute approximate surface area is 446 Å². The van der Waals surface area contributed by atoms with Gasteiger partial charge in [-0.1, -0.05) is 115 Å². The number of hydrogen-bond acceptors (Lipinski definition) is 14. The third-order valence-electron chi connectivity index (χ3n) is 18.7. The molecule has 75 heavy (non-hydrogen) atoms. The van der Waals surface area contributed by atoms with Crippen molar-refractivity contribution >= 4 is 23.9 Å². The van der Waals surface area contributed by atoms with Crippen LogP contribution in [0.15, 0.2) is 60.7 Å². The van der Waals surface area contributed by atoms with Crippen molar-refractivity contribution in [3.8, 4) is 0 Å². The van der Waals surface area contributed by atoms with Crippen molar-refractivity contribution in [1.82, 2.24) is 0 Å². The number of hydrogen-bond donors (Lipinski definition) is 0. The zero-order valence-electron chi connectivity index (χ0n) is 46.5. The number of esters is 4. The molecule has 14 nitrogen and oxygen atoms in total. The molecular formula is C61H88O14. The first kappa shape index (κ1) is 57.3. The van der Waals surface area contributed by atoms with Crippen molar-refractivity contribution in [1.29, 1.82) is 0 Å². The maximum Gasteiger partial charge on any atom is 0.303 e. The summed E-state index contributed by atoms with van der Waals surface area (Å²) in [6.07, 6.45) is 2.74. The van der Waals surface area contributed by atoms with E-state index in [9.17, 15) is 19.2 Å². The predicted molar refractivity (Wildman–Crippen MR) is 279 cm³/mol. The van der Waals surface area contributed by atoms with Crippen molar-refractivity contribution in [3.05, 3.63) is 71.8 Å². The largest absolute Gasteiger partial charge is 0.463 e. The molecule has 4 aliphatic carbocycles. The van der Waals surface area contributed by atoms with Gasteiger partial charge in [0.2, 0.25) is 0 Å². The Morgan fingerprint density at radius 1 is 0.600 bits per heavy atom. The first-order valence-corrected chi connectivity index (χ1v) is 28.4. The summed E-state index contributed by atoms with van der Waals surface area (Å²) >= 11 is 0. The van der Waals surface area contributed by atoms with Crippen LogP contribution in [0.2, 0.25) is 0 Å². The fraction of sp³-hybridized carbons (Fsp3) is 0.738. The molecule has 6 fully saturated rings. The average molecular weight is 1050 g/mol. The maximum absolute atomic E-state index is 13.2. The lowest BCUT2D eigenvalue weighted by Gasteiger charge is -2.61. The number of ether oxygens (including phenoxy) is 10. The van der Waals surface area contributed by atoms with E-state index < -0.39 is 85.3 Å². The van der Waals surface area contributed by atoms with Gasteiger partial charge in [0.1, 0.15) is 24.9 Å². The van der Waals surface area contributed by atoms with Gasteiger partial charge in [-0.3, -0.25) is 19.2 Å². The second-order valence-electron chi connectivity index (χ2n) is 24.1. The van der Waals surface area contributed by atoms with E-state index >= 15 is 0 Å². The minimum atomic E-state index is -1.33. The van der Waals surface area contributed by atoms with Crippen molar-refractivity contribution in [3.63, 3.8) is 0 Å². The van der Waals surface area contributed by atoms with Crippen LogP contribution in [0.3, 0.4) is 0 Å². The standard InChI is InChI=1S/C61H88O14/c1-36(2)18-17-19-37(3)48-26-27-49-47-25-24-45-32-46(28-30-60(45,9)50(47)29-31-61(48,49)10)73-59-57(55(72-42(8)65)53(71-41(7)64)51(74-59)35-66-39(5)62)75-58-56(68-34-44-22-15-12-16-23-44)54(52(38(4)69-58)70-40(6)63)67-33-43-20-13-11-14-21-43/h11-16,20-23,36-38,45-59H,17-19,24-35H2,1-10H3/t37-,38+,45+,46+,47+,48-,49+,50+,51-,52+,53-,54-,55+,56-,57-,58+,59-,60+,61-/m1/s1. The summed E-state index contributed by atoms with van der Waals surface area (Å²) in [5, 5.41) is 0. The summed E-state index contributed by atoms with van der Waals surface area (Å²) in [7, 11) is 0. The predicted octanol–water partition coefficient (Wildman–Crippen LogP) is 10.9. The highest BCUT2D eigenvalue weighted by Gasteiger charge is 2.62. The van der Waals surface area contributed by atoms with Gasteiger partial charge in [-0.15, -0.1) is 0 Å². The quantitative estimate of drug-likeness (QED) is 0.0700. The van der Waals surface area contributed by atoms with Crippen LogP contribution in [-0.2, 0) is 79.8 Å². The van der Waals surface area contributed by atoms with Crippen LogP contribution >= 0.6 is 0 Å². The van der Waals surface area contributed by atoms with Crippen molar-refractivity contribution in [2.24, 2.45) is 52.3 Å². The molecule has 0 N–H and O–H groups in total. The summed E-state index contributed by atoms with van der Waals surface area (Å²) in [4.78, 5) is 51.3. The van der Waals surface area contributed by atoms with E-state index in [1.807, 2.05) is 60.7 Å². The lowest BCUT2D eigenvalue weighted by atomic mass is 9.44. The molecule has 0 spiro atoms. The van der Waals surface area contributed by atoms with Gasteiger partial charge in [0.15, 0.2) is 37.0 Å². The molecule has 0 aromatic heterocycles. The zero-order valence-corrected chi connectivity index (χ0v) is 46.5. The topological polar surface area (TPSA) is 161 Å². The molecule has 2 heterocycles. The van der Waals surface area contributed by atoms with Crippen LogP contribution < -0.4 is 0 Å². The first-order valence-electron chi connectivity index (χ1n) is 28.4. The first-order chi connectivity index (χ1) is 35.8. The van der Waals surface area contributed by atoms with Crippen molar-refractivity contribution in [2.45, 2.75) is 227 Å². The Hall–Kier alpha value is -3.92. The van der Waals surface area contributed by atoms with E-state index in [4.69, 9.17) is 47.4 Å². The van der Waals surface area contributed by atoms with Gasteiger partial charge >= 0.3 is 23.9 Å². The molecule has 8 rings (SSSR count). The fourth-order valence-electron chi connectivity index (χ4n) is 15.2. The second kappa shape index (κ2) is 25.3. The molecule has 4 saturated carbocycles. The highest BCUT2D eigenvalue weighted by atomic mass is 16.8. The lowest BCUT2D eigenvalue weighted by Crippen LogP contribution is -2.66. The van der Waals surface area contributed by atoms with Gasteiger partial charge in [-0.2, -0.15) is 0 Å². The molecule has 0 bridgehead atoms. The van der Waals surface area contributed by atoms with Gasteiger partial charge in [0, 0.05) is 27.7 Å². The smallest absolute Gasteiger partial charge is 0.303 e. The van der Waals surface area contributed by atoms with Crippen LogP contribution in [0.5, 0.6) is 0 Å². The number of carbonyl (C=O) groups is 4. The highest BCUT2D eigenvalue weighted by Crippen LogP contribution is 2.68. The van der Waals surface area contributed by atoms with Gasteiger partial charge in [0.05, 0.1) is 25.4 Å². The van der Waals surface area contributed by atoms with Crippen LogP contribution in [0.4, 0.5) is 0 Å². The summed E-state index contributed by atoms with van der Waals surface area (Å²) in [5.41, 5.74) is 2.31. The van der Waals surface area contributed by atoms with Gasteiger partial charge in [-0.25, -0.2) is 0 Å². The molecule has 2 aromatic carbocycles. The minimum absolute atomic E-state index is 0.109. The molecule has 2 aliphatic heterocycles. The second-order valence-corrected chi connectivity index (χ2v) is 24.1. The Bertz CT molecular complexity index is 2190. The fourth-order valence-corrected chi connectivity index (χ4v) is 15.2. The minimum Gasteiger partial charge on any atom is -0.463 e. The van der Waals surface area contributed by atoms with Gasteiger partial charge in [-0.05, 0) is 128 Å². The lowest BCUT2D eigenvalue weighted by molar-refractivity contribution is -0.377. The number of fused-ring (bicyclic) bond motifs is 5. The SMILES string of the molecule is CC(=O)OC[C@H]1O[C@@H](O[C@H]2CC[C@@]3(C)[C@@H](CC[C@@H]4[C@@H]3CC[C@]3(C)[C@@H]([C@H](C)CCCC(C)C)CC[C@@H]43)C2)[C@H](O[C@@H]2O[C@@H](C)[C@H](OC(C)=O)[C@@H](OCc3ccccc3)[C@H]2OCc2ccccc2)[C@@H](OC(C)=O)[C@@H]1OC(C)=O. The third kappa shape index (κ3) is 13.5. The summed E-state index contributed by atoms with van der Waals surface area (Å²) < 4.78 is 64.7.